The van der Waals surface area contributed by atoms with Crippen molar-refractivity contribution in [3.8, 4) is 0 Å². The zero-order valence-corrected chi connectivity index (χ0v) is 29.6. The first-order valence-corrected chi connectivity index (χ1v) is 16.0. The second-order valence-corrected chi connectivity index (χ2v) is 13.7. The van der Waals surface area contributed by atoms with E-state index in [1.54, 1.807) is 0 Å². The minimum absolute atomic E-state index is 0. The molecule has 4 unspecified atom stereocenters. The van der Waals surface area contributed by atoms with Crippen LogP contribution in [0.3, 0.4) is 0 Å². The van der Waals surface area contributed by atoms with E-state index in [0.717, 1.165) is 25.7 Å². The Morgan fingerprint density at radius 3 is 2.38 bits per heavy atom. The molecule has 0 saturated carbocycles. The van der Waals surface area contributed by atoms with Gasteiger partial charge in [0.1, 0.15) is 0 Å². The zero-order valence-electron chi connectivity index (χ0n) is 27.2. The van der Waals surface area contributed by atoms with Gasteiger partial charge in [0.25, 0.3) is 0 Å². The monoisotopic (exact) mass is 745 g/mol. The molecule has 1 N–H and O–H groups in total. The molecule has 1 heterocycles. The Kier molecular flexibility index (Phi) is 12.2. The third-order valence-electron chi connectivity index (χ3n) is 9.18. The molecule has 5 rings (SSSR count). The molecule has 3 nitrogen and oxygen atoms in total. The Labute approximate surface area is 269 Å². The molecule has 42 heavy (non-hydrogen) atoms. The molecule has 0 bridgehead atoms. The smallest absolute Gasteiger partial charge is 0.0554 e. The van der Waals surface area contributed by atoms with Crippen molar-refractivity contribution in [1.82, 2.24) is 0 Å². The standard InChI is InChI=1S/C26H26N.C12H26NO.Ir/c1-16(2)11-17-12-20-9-10-27-25-21-14-18-7-5-6-8-19(18)15-22(21)26(3,4)23(13-17)24(20)25;1-6-11(7-2)12(14)8-10(5)13-9(3)4;/h5-10,12-13,15-16,23-24H,11H2,1-4H3;9-12,14H,6-8H2,1-5H3;/q2*-1;. The average molecular weight is 745 g/mol. The van der Waals surface area contributed by atoms with E-state index in [0.29, 0.717) is 29.7 Å². The SMILES string of the molecule is CC(C)CC1=CC2C3C(=C1)C=CN=C3c1[c-]c3ccccc3cc1C2(C)C.CCC(CC)C(O)CC(C)[N-]C(C)C.[Ir]. The summed E-state index contributed by atoms with van der Waals surface area (Å²) in [5.41, 5.74) is 6.76. The van der Waals surface area contributed by atoms with Crippen molar-refractivity contribution < 1.29 is 25.2 Å². The van der Waals surface area contributed by atoms with Crippen LogP contribution in [0, 0.1) is 29.7 Å². The fourth-order valence-electron chi connectivity index (χ4n) is 7.09. The molecule has 2 aromatic carbocycles. The molecule has 0 fully saturated rings. The van der Waals surface area contributed by atoms with Crippen LogP contribution in [0.2, 0.25) is 0 Å². The molecular weight excluding hydrogens is 693 g/mol. The molecule has 2 aromatic rings. The minimum atomic E-state index is -0.178. The summed E-state index contributed by atoms with van der Waals surface area (Å²) < 4.78 is 0. The number of hydrogen-bond acceptors (Lipinski definition) is 2. The summed E-state index contributed by atoms with van der Waals surface area (Å²) in [4.78, 5) is 4.87. The van der Waals surface area contributed by atoms with Gasteiger partial charge in [-0.25, -0.2) is 0 Å². The fraction of sp³-hybridized carbons (Fsp3) is 0.553. The van der Waals surface area contributed by atoms with Gasteiger partial charge in [-0.3, -0.25) is 4.99 Å². The van der Waals surface area contributed by atoms with E-state index in [9.17, 15) is 5.11 Å². The van der Waals surface area contributed by atoms with Crippen LogP contribution in [0.1, 0.15) is 99.1 Å². The Morgan fingerprint density at radius 1 is 1.05 bits per heavy atom. The number of aliphatic imine (C=N–C) groups is 1. The summed E-state index contributed by atoms with van der Waals surface area (Å²) in [6, 6.07) is 15.3. The first-order valence-electron chi connectivity index (χ1n) is 16.0. The predicted molar refractivity (Wildman–Crippen MR) is 177 cm³/mol. The molecule has 4 heteroatoms. The summed E-state index contributed by atoms with van der Waals surface area (Å²) in [6.45, 7) is 19.9. The quantitative estimate of drug-likeness (QED) is 0.256. The third kappa shape index (κ3) is 7.62. The van der Waals surface area contributed by atoms with Crippen LogP contribution in [-0.2, 0) is 25.5 Å². The van der Waals surface area contributed by atoms with Crippen molar-refractivity contribution in [2.75, 3.05) is 0 Å². The maximum absolute atomic E-state index is 9.93. The maximum atomic E-state index is 9.93. The molecule has 0 aromatic heterocycles. The molecule has 231 valence electrons. The van der Waals surface area contributed by atoms with Crippen molar-refractivity contribution in [2.45, 2.75) is 112 Å². The van der Waals surface area contributed by atoms with Gasteiger partial charge in [0.15, 0.2) is 0 Å². The topological polar surface area (TPSA) is 46.7 Å². The van der Waals surface area contributed by atoms with E-state index in [1.807, 2.05) is 6.20 Å². The van der Waals surface area contributed by atoms with E-state index in [-0.39, 0.29) is 37.7 Å². The Bertz CT molecular complexity index is 1330. The van der Waals surface area contributed by atoms with Crippen molar-refractivity contribution in [1.29, 1.82) is 0 Å². The molecule has 0 amide bonds. The van der Waals surface area contributed by atoms with E-state index in [2.05, 4.69) is 122 Å². The van der Waals surface area contributed by atoms with Gasteiger partial charge in [0, 0.05) is 32.2 Å². The number of nitrogens with zero attached hydrogens (tertiary/aromatic N) is 2. The Morgan fingerprint density at radius 2 is 1.74 bits per heavy atom. The number of hydrogen-bond donors (Lipinski definition) is 1. The van der Waals surface area contributed by atoms with Gasteiger partial charge in [0.05, 0.1) is 6.10 Å². The van der Waals surface area contributed by atoms with Crippen LogP contribution in [-0.4, -0.2) is 29.0 Å². The zero-order chi connectivity index (χ0) is 29.9. The largest absolute Gasteiger partial charge is 0.657 e. The number of fused-ring (bicyclic) bond motifs is 3. The number of aliphatic hydroxyl groups excluding tert-OH is 1. The van der Waals surface area contributed by atoms with Crippen LogP contribution in [0.25, 0.3) is 16.1 Å². The molecular formula is C38H52IrN2O-2. The summed E-state index contributed by atoms with van der Waals surface area (Å²) in [6.07, 6.45) is 13.1. The molecule has 0 spiro atoms. The molecule has 3 aliphatic rings. The molecule has 4 atom stereocenters. The van der Waals surface area contributed by atoms with Crippen molar-refractivity contribution >= 4 is 16.5 Å². The number of rotatable bonds is 9. The molecule has 2 aliphatic carbocycles. The van der Waals surface area contributed by atoms with Gasteiger partial charge in [-0.2, -0.15) is 0 Å². The number of benzene rings is 2. The minimum Gasteiger partial charge on any atom is -0.657 e. The van der Waals surface area contributed by atoms with Gasteiger partial charge < -0.3 is 10.4 Å². The predicted octanol–water partition coefficient (Wildman–Crippen LogP) is 9.73. The van der Waals surface area contributed by atoms with E-state index >= 15 is 0 Å². The van der Waals surface area contributed by atoms with Crippen LogP contribution in [0.15, 0.2) is 70.9 Å². The molecule has 0 saturated heterocycles. The normalized spacial score (nSPS) is 21.4. The van der Waals surface area contributed by atoms with E-state index in [1.165, 1.54) is 38.8 Å². The van der Waals surface area contributed by atoms with Crippen LogP contribution in [0.5, 0.6) is 0 Å². The van der Waals surface area contributed by atoms with E-state index < -0.39 is 0 Å². The van der Waals surface area contributed by atoms with Crippen molar-refractivity contribution in [3.05, 3.63) is 88.4 Å². The number of aliphatic hydroxyl groups is 1. The fourth-order valence-corrected chi connectivity index (χ4v) is 7.09. The second-order valence-electron chi connectivity index (χ2n) is 13.7. The van der Waals surface area contributed by atoms with Crippen LogP contribution in [0.4, 0.5) is 0 Å². The van der Waals surface area contributed by atoms with Gasteiger partial charge >= 0.3 is 0 Å². The summed E-state index contributed by atoms with van der Waals surface area (Å²) in [5.74, 6) is 1.91. The Hall–Kier alpha value is -1.84. The van der Waals surface area contributed by atoms with Gasteiger partial charge in [-0.1, -0.05) is 122 Å². The third-order valence-corrected chi connectivity index (χ3v) is 9.18. The summed E-state index contributed by atoms with van der Waals surface area (Å²) in [5, 5.41) is 16.9. The van der Waals surface area contributed by atoms with Crippen molar-refractivity contribution in [2.24, 2.45) is 28.7 Å². The average Bonchev–Trinajstić information content (AvgIpc) is 2.91. The van der Waals surface area contributed by atoms with Crippen LogP contribution >= 0.6 is 0 Å². The maximum Gasteiger partial charge on any atom is 0.0554 e. The summed E-state index contributed by atoms with van der Waals surface area (Å²) in [7, 11) is 0. The van der Waals surface area contributed by atoms with Crippen LogP contribution < -0.4 is 0 Å². The number of allylic oxidation sites excluding steroid dienone is 5. The first kappa shape index (κ1) is 34.6. The second kappa shape index (κ2) is 14.8. The van der Waals surface area contributed by atoms with Gasteiger partial charge in [-0.15, -0.1) is 41.2 Å². The first-order chi connectivity index (χ1) is 19.5. The molecule has 1 radical (unpaired) electrons. The van der Waals surface area contributed by atoms with Gasteiger partial charge in [-0.05, 0) is 53.4 Å². The van der Waals surface area contributed by atoms with Gasteiger partial charge in [0.2, 0.25) is 0 Å². The summed E-state index contributed by atoms with van der Waals surface area (Å²) >= 11 is 0. The van der Waals surface area contributed by atoms with Crippen molar-refractivity contribution in [3.63, 3.8) is 0 Å². The molecule has 1 aliphatic heterocycles. The van der Waals surface area contributed by atoms with E-state index in [4.69, 9.17) is 4.99 Å². The Balaban J connectivity index is 0.000000278.